The second kappa shape index (κ2) is 8.83. The lowest BCUT2D eigenvalue weighted by atomic mass is 9.81. The molecule has 2 aromatic rings. The van der Waals surface area contributed by atoms with Crippen molar-refractivity contribution in [3.63, 3.8) is 0 Å². The van der Waals surface area contributed by atoms with E-state index in [0.29, 0.717) is 5.56 Å². The Morgan fingerprint density at radius 3 is 2.12 bits per heavy atom. The summed E-state index contributed by atoms with van der Waals surface area (Å²) in [6.45, 7) is -0.0834. The van der Waals surface area contributed by atoms with Gasteiger partial charge in [0.15, 0.2) is 0 Å². The fourth-order valence-corrected chi connectivity index (χ4v) is 7.66. The van der Waals surface area contributed by atoms with Crippen molar-refractivity contribution in [3.05, 3.63) is 74.2 Å². The largest absolute Gasteiger partial charge is 0.282 e. The third-order valence-corrected chi connectivity index (χ3v) is 10.8. The molecule has 0 aromatic heterocycles. The first-order valence-electron chi connectivity index (χ1n) is 10.7. The van der Waals surface area contributed by atoms with Crippen LogP contribution in [0.2, 0.25) is 0 Å². The molecule has 0 N–H and O–H groups in total. The summed E-state index contributed by atoms with van der Waals surface area (Å²) in [7, 11) is 0. The number of para-hydroxylation sites is 1. The molecule has 2 aromatic carbocycles. The van der Waals surface area contributed by atoms with Crippen molar-refractivity contribution in [1.29, 1.82) is 0 Å². The quantitative estimate of drug-likeness (QED) is 0.201. The number of halogens is 3. The molecule has 2 aliphatic carbocycles. The second-order valence-electron chi connectivity index (χ2n) is 8.76. The van der Waals surface area contributed by atoms with E-state index >= 15 is 0 Å². The lowest BCUT2D eigenvalue weighted by molar-refractivity contribution is -0.385. The molecule has 3 fully saturated rings. The molecule has 1 saturated heterocycles. The maximum atomic E-state index is 13.7. The summed E-state index contributed by atoms with van der Waals surface area (Å²) in [4.78, 5) is 52.0. The molecule has 3 aliphatic rings. The molecule has 0 radical (unpaired) electrons. The Bertz CT molecular complexity index is 1170. The average molecular weight is 656 g/mol. The Hall–Kier alpha value is -2.11. The minimum Gasteiger partial charge on any atom is -0.272 e. The van der Waals surface area contributed by atoms with Crippen LogP contribution in [0.5, 0.6) is 0 Å². The van der Waals surface area contributed by atoms with E-state index in [0.717, 1.165) is 20.9 Å². The topological polar surface area (TPSA) is 101 Å². The highest BCUT2D eigenvalue weighted by Gasteiger charge is 2.67. The maximum Gasteiger partial charge on any atom is 0.282 e. The van der Waals surface area contributed by atoms with Crippen molar-refractivity contribution in [2.75, 3.05) is 0 Å². The number of hydrazine groups is 1. The standard InChI is InChI=1S/C23H18Br3N3O5/c24-12-7-5-11(6-8-12)10-27(21(30)13-3-1-2-4-16(13)29(33)34)28-22(31)17-14-9-15(18(17)23(28)32)20(26)19(14)25/h1-8,14-15,17-20H,9-10H2/t14-,15-,17-,18+,19+,20+/m1/s1. The van der Waals surface area contributed by atoms with Gasteiger partial charge >= 0.3 is 0 Å². The molecule has 11 heteroatoms. The summed E-state index contributed by atoms with van der Waals surface area (Å²) in [5, 5.41) is 13.6. The maximum absolute atomic E-state index is 13.7. The molecular weight excluding hydrogens is 638 g/mol. The predicted molar refractivity (Wildman–Crippen MR) is 133 cm³/mol. The van der Waals surface area contributed by atoms with Crippen molar-refractivity contribution in [3.8, 4) is 0 Å². The van der Waals surface area contributed by atoms with Crippen LogP contribution in [0, 0.1) is 33.8 Å². The van der Waals surface area contributed by atoms with E-state index < -0.39 is 34.5 Å². The molecule has 8 nitrogen and oxygen atoms in total. The van der Waals surface area contributed by atoms with Gasteiger partial charge in [0.25, 0.3) is 23.4 Å². The fraction of sp³-hybridized carbons (Fsp3) is 0.348. The molecule has 1 aliphatic heterocycles. The number of carbonyl (C=O) groups excluding carboxylic acids is 3. The van der Waals surface area contributed by atoms with Gasteiger partial charge in [0, 0.05) is 20.2 Å². The van der Waals surface area contributed by atoms with Crippen LogP contribution in [0.25, 0.3) is 0 Å². The van der Waals surface area contributed by atoms with E-state index in [1.54, 1.807) is 24.3 Å². The van der Waals surface area contributed by atoms with Crippen LogP contribution in [0.15, 0.2) is 53.0 Å². The van der Waals surface area contributed by atoms with Crippen molar-refractivity contribution in [2.45, 2.75) is 22.6 Å². The van der Waals surface area contributed by atoms with Crippen LogP contribution in [0.4, 0.5) is 5.69 Å². The first-order valence-corrected chi connectivity index (χ1v) is 13.3. The molecule has 2 bridgehead atoms. The van der Waals surface area contributed by atoms with Gasteiger partial charge in [-0.25, -0.2) is 5.01 Å². The van der Waals surface area contributed by atoms with Crippen molar-refractivity contribution >= 4 is 71.2 Å². The van der Waals surface area contributed by atoms with E-state index in [9.17, 15) is 24.5 Å². The van der Waals surface area contributed by atoms with Crippen LogP contribution in [0.3, 0.4) is 0 Å². The number of benzene rings is 2. The van der Waals surface area contributed by atoms with E-state index in [-0.39, 0.29) is 39.3 Å². The highest BCUT2D eigenvalue weighted by Crippen LogP contribution is 2.60. The van der Waals surface area contributed by atoms with Gasteiger partial charge in [-0.15, -0.1) is 0 Å². The van der Waals surface area contributed by atoms with Crippen molar-refractivity contribution < 1.29 is 19.3 Å². The SMILES string of the molecule is O=C(c1ccccc1[N+](=O)[O-])N(Cc1ccc(Br)cc1)N1C(=O)[C@@H]2[C@H]3C[C@@H]([C@H](Br)[C@H]3Br)[C@@H]2C1=O. The van der Waals surface area contributed by atoms with Crippen molar-refractivity contribution in [1.82, 2.24) is 10.0 Å². The van der Waals surface area contributed by atoms with Crippen LogP contribution in [-0.2, 0) is 16.1 Å². The number of hydrogen-bond acceptors (Lipinski definition) is 5. The molecule has 34 heavy (non-hydrogen) atoms. The van der Waals surface area contributed by atoms with Gasteiger partial charge in [-0.2, -0.15) is 5.01 Å². The van der Waals surface area contributed by atoms with Crippen LogP contribution in [0.1, 0.15) is 22.3 Å². The van der Waals surface area contributed by atoms with Gasteiger partial charge in [0.1, 0.15) is 5.56 Å². The van der Waals surface area contributed by atoms with Gasteiger partial charge in [-0.1, -0.05) is 72.1 Å². The Balaban J connectivity index is 1.56. The number of nitro benzene ring substituents is 1. The molecule has 0 spiro atoms. The number of alkyl halides is 2. The highest BCUT2D eigenvalue weighted by molar-refractivity contribution is 9.12. The molecule has 3 amide bonds. The number of amides is 3. The normalized spacial score (nSPS) is 29.4. The van der Waals surface area contributed by atoms with E-state index in [1.807, 2.05) is 0 Å². The summed E-state index contributed by atoms with van der Waals surface area (Å²) < 4.78 is 0.832. The van der Waals surface area contributed by atoms with Gasteiger partial charge in [-0.05, 0) is 42.0 Å². The Kier molecular flexibility index (Phi) is 6.14. The number of carbonyl (C=O) groups is 3. The summed E-state index contributed by atoms with van der Waals surface area (Å²) in [5.41, 5.74) is 0.114. The zero-order chi connectivity index (χ0) is 24.3. The number of nitro groups is 1. The van der Waals surface area contributed by atoms with E-state index in [1.165, 1.54) is 24.3 Å². The summed E-state index contributed by atoms with van der Waals surface area (Å²) >= 11 is 10.7. The van der Waals surface area contributed by atoms with E-state index in [2.05, 4.69) is 47.8 Å². The Morgan fingerprint density at radius 2 is 1.56 bits per heavy atom. The number of hydrogen-bond donors (Lipinski definition) is 0. The van der Waals surface area contributed by atoms with Crippen molar-refractivity contribution in [2.24, 2.45) is 23.7 Å². The van der Waals surface area contributed by atoms with Gasteiger partial charge in [-0.3, -0.25) is 24.5 Å². The predicted octanol–water partition coefficient (Wildman–Crippen LogP) is 4.69. The van der Waals surface area contributed by atoms with Gasteiger partial charge in [0.05, 0.1) is 23.3 Å². The third-order valence-electron chi connectivity index (χ3n) is 7.02. The summed E-state index contributed by atoms with van der Waals surface area (Å²) in [6, 6.07) is 12.7. The molecule has 6 atom stereocenters. The second-order valence-corrected chi connectivity index (χ2v) is 11.8. The number of rotatable bonds is 5. The summed E-state index contributed by atoms with van der Waals surface area (Å²) in [5.74, 6) is -2.67. The average Bonchev–Trinajstić information content (AvgIpc) is 3.43. The van der Waals surface area contributed by atoms with Crippen LogP contribution in [-0.4, -0.2) is 42.3 Å². The molecule has 0 unspecified atom stereocenters. The van der Waals surface area contributed by atoms with Crippen LogP contribution < -0.4 is 0 Å². The van der Waals surface area contributed by atoms with Gasteiger partial charge < -0.3 is 0 Å². The first kappa shape index (κ1) is 23.6. The number of fused-ring (bicyclic) bond motifs is 5. The lowest BCUT2D eigenvalue weighted by Crippen LogP contribution is -2.50. The fourth-order valence-electron chi connectivity index (χ4n) is 5.52. The first-order chi connectivity index (χ1) is 16.2. The minimum atomic E-state index is -0.768. The number of imide groups is 1. The summed E-state index contributed by atoms with van der Waals surface area (Å²) in [6.07, 6.45) is 0.761. The highest BCUT2D eigenvalue weighted by atomic mass is 79.9. The van der Waals surface area contributed by atoms with E-state index in [4.69, 9.17) is 0 Å². The number of nitrogens with zero attached hydrogens (tertiary/aromatic N) is 3. The molecular formula is C23H18Br3N3O5. The monoisotopic (exact) mass is 653 g/mol. The Labute approximate surface area is 220 Å². The zero-order valence-electron chi connectivity index (χ0n) is 17.5. The molecule has 5 rings (SSSR count). The third kappa shape index (κ3) is 3.63. The minimum absolute atomic E-state index is 0.0171. The van der Waals surface area contributed by atoms with Gasteiger partial charge in [0.2, 0.25) is 0 Å². The molecule has 176 valence electrons. The smallest absolute Gasteiger partial charge is 0.272 e. The molecule has 1 heterocycles. The lowest BCUT2D eigenvalue weighted by Gasteiger charge is -2.31. The molecule has 2 saturated carbocycles. The zero-order valence-corrected chi connectivity index (χ0v) is 22.3. The van der Waals surface area contributed by atoms with Crippen LogP contribution >= 0.6 is 47.8 Å². The Morgan fingerprint density at radius 1 is 1.00 bits per heavy atom.